The molecule has 0 aliphatic heterocycles. The van der Waals surface area contributed by atoms with Crippen molar-refractivity contribution in [2.45, 2.75) is 37.7 Å². The van der Waals surface area contributed by atoms with Crippen LogP contribution in [0.5, 0.6) is 0 Å². The molecule has 1 aliphatic carbocycles. The summed E-state index contributed by atoms with van der Waals surface area (Å²) in [6.07, 6.45) is 5.15. The second kappa shape index (κ2) is 6.53. The zero-order chi connectivity index (χ0) is 9.03. The minimum absolute atomic E-state index is 0. The van der Waals surface area contributed by atoms with Gasteiger partial charge in [0.05, 0.1) is 5.60 Å². The Bertz CT molecular complexity index is 169. The van der Waals surface area contributed by atoms with E-state index in [1.165, 1.54) is 6.42 Å². The van der Waals surface area contributed by atoms with Crippen molar-refractivity contribution in [1.82, 2.24) is 0 Å². The Labute approximate surface area is 104 Å². The average Bonchev–Trinajstić information content (AvgIpc) is 2.05. The maximum atomic E-state index is 10.6. The van der Waals surface area contributed by atoms with Gasteiger partial charge in [0.15, 0.2) is 0 Å². The Kier molecular flexibility index (Phi) is 7.07. The van der Waals surface area contributed by atoms with E-state index in [0.717, 1.165) is 25.7 Å². The van der Waals surface area contributed by atoms with Crippen molar-refractivity contribution < 1.29 is 43.1 Å². The molecule has 1 aliphatic rings. The maximum absolute atomic E-state index is 10.6. The summed E-state index contributed by atoms with van der Waals surface area (Å²) in [5.41, 5.74) is -0.370. The molecular formula is C8H15NaO3S. The topological polar surface area (TPSA) is 49.4 Å². The molecule has 1 fully saturated rings. The maximum Gasteiger partial charge on any atom is 1.00 e. The van der Waals surface area contributed by atoms with Gasteiger partial charge in [0.25, 0.3) is 0 Å². The molecule has 0 N–H and O–H groups in total. The number of rotatable bonds is 3. The molecule has 0 bridgehead atoms. The molecule has 0 spiro atoms. The summed E-state index contributed by atoms with van der Waals surface area (Å²) in [6.45, 7) is 0. The first-order valence-electron chi connectivity index (χ1n) is 4.30. The van der Waals surface area contributed by atoms with Crippen molar-refractivity contribution >= 4 is 11.1 Å². The van der Waals surface area contributed by atoms with Crippen LogP contribution in [0.4, 0.5) is 0 Å². The average molecular weight is 214 g/mol. The molecule has 0 aromatic rings. The van der Waals surface area contributed by atoms with E-state index in [1.54, 1.807) is 7.11 Å². The summed E-state index contributed by atoms with van der Waals surface area (Å²) in [5.74, 6) is 0.156. The van der Waals surface area contributed by atoms with Gasteiger partial charge in [-0.15, -0.1) is 0 Å². The molecular weight excluding hydrogens is 199 g/mol. The monoisotopic (exact) mass is 214 g/mol. The Morgan fingerprint density at radius 1 is 1.38 bits per heavy atom. The molecule has 3 nitrogen and oxygen atoms in total. The van der Waals surface area contributed by atoms with Crippen molar-refractivity contribution in [3.63, 3.8) is 0 Å². The van der Waals surface area contributed by atoms with Crippen molar-refractivity contribution in [1.29, 1.82) is 0 Å². The predicted octanol–water partition coefficient (Wildman–Crippen LogP) is -1.78. The zero-order valence-electron chi connectivity index (χ0n) is 8.38. The van der Waals surface area contributed by atoms with Gasteiger partial charge in [0.2, 0.25) is 0 Å². The van der Waals surface area contributed by atoms with E-state index < -0.39 is 11.1 Å². The summed E-state index contributed by atoms with van der Waals surface area (Å²) in [6, 6.07) is 0. The quantitative estimate of drug-likeness (QED) is 0.412. The molecule has 13 heavy (non-hydrogen) atoms. The van der Waals surface area contributed by atoms with Gasteiger partial charge in [-0.2, -0.15) is 0 Å². The third-order valence-electron chi connectivity index (χ3n) is 2.58. The van der Waals surface area contributed by atoms with Crippen molar-refractivity contribution in [2.24, 2.45) is 0 Å². The van der Waals surface area contributed by atoms with Crippen LogP contribution in [-0.4, -0.2) is 27.2 Å². The number of ether oxygens (including phenoxy) is 1. The normalized spacial score (nSPS) is 23.2. The summed E-state index contributed by atoms with van der Waals surface area (Å²) < 4.78 is 26.4. The molecule has 0 saturated heterocycles. The van der Waals surface area contributed by atoms with Crippen LogP contribution in [0.25, 0.3) is 0 Å². The van der Waals surface area contributed by atoms with Gasteiger partial charge in [-0.05, 0) is 12.8 Å². The van der Waals surface area contributed by atoms with Gasteiger partial charge in [-0.1, -0.05) is 30.3 Å². The fourth-order valence-electron chi connectivity index (χ4n) is 1.82. The van der Waals surface area contributed by atoms with E-state index in [9.17, 15) is 8.76 Å². The SMILES string of the molecule is COC1(CS(=O)[O-])CCCCC1.[Na+]. The minimum Gasteiger partial charge on any atom is -0.772 e. The van der Waals surface area contributed by atoms with E-state index in [1.807, 2.05) is 0 Å². The first kappa shape index (κ1) is 14.1. The standard InChI is InChI=1S/C8H16O3S.Na/c1-11-8(7-12(9)10)5-3-2-4-6-8;/h2-7H2,1H3,(H,9,10);/q;+1/p-1. The third kappa shape index (κ3) is 4.40. The van der Waals surface area contributed by atoms with Crippen LogP contribution in [0.15, 0.2) is 0 Å². The molecule has 0 heterocycles. The van der Waals surface area contributed by atoms with Crippen LogP contribution < -0.4 is 29.6 Å². The molecule has 0 aromatic heterocycles. The van der Waals surface area contributed by atoms with Crippen LogP contribution in [0.1, 0.15) is 32.1 Å². The Morgan fingerprint density at radius 2 is 1.92 bits per heavy atom. The van der Waals surface area contributed by atoms with E-state index in [-0.39, 0.29) is 40.9 Å². The van der Waals surface area contributed by atoms with Gasteiger partial charge in [0, 0.05) is 12.9 Å². The summed E-state index contributed by atoms with van der Waals surface area (Å²) in [7, 11) is 1.61. The molecule has 1 unspecified atom stereocenters. The van der Waals surface area contributed by atoms with Crippen LogP contribution >= 0.6 is 0 Å². The molecule has 0 aromatic carbocycles. The molecule has 1 saturated carbocycles. The zero-order valence-corrected chi connectivity index (χ0v) is 11.2. The van der Waals surface area contributed by atoms with Crippen LogP contribution in [0, 0.1) is 0 Å². The van der Waals surface area contributed by atoms with Gasteiger partial charge in [0.1, 0.15) is 0 Å². The molecule has 0 radical (unpaired) electrons. The minimum atomic E-state index is -1.98. The van der Waals surface area contributed by atoms with E-state index in [2.05, 4.69) is 0 Å². The van der Waals surface area contributed by atoms with Crippen molar-refractivity contribution in [3.05, 3.63) is 0 Å². The predicted molar refractivity (Wildman–Crippen MR) is 46.6 cm³/mol. The fraction of sp³-hybridized carbons (Fsp3) is 1.00. The molecule has 1 atom stereocenters. The van der Waals surface area contributed by atoms with Crippen molar-refractivity contribution in [3.8, 4) is 0 Å². The number of methoxy groups -OCH3 is 1. The molecule has 72 valence electrons. The smallest absolute Gasteiger partial charge is 0.772 e. The van der Waals surface area contributed by atoms with Gasteiger partial charge < -0.3 is 9.29 Å². The van der Waals surface area contributed by atoms with E-state index in [0.29, 0.717) is 0 Å². The second-order valence-corrected chi connectivity index (χ2v) is 4.29. The van der Waals surface area contributed by atoms with Crippen molar-refractivity contribution in [2.75, 3.05) is 12.9 Å². The number of hydrogen-bond donors (Lipinski definition) is 0. The molecule has 0 amide bonds. The Hall–Kier alpha value is 1.07. The van der Waals surface area contributed by atoms with Crippen LogP contribution in [0.3, 0.4) is 0 Å². The van der Waals surface area contributed by atoms with Gasteiger partial charge >= 0.3 is 29.6 Å². The first-order chi connectivity index (χ1) is 5.68. The molecule has 5 heteroatoms. The van der Waals surface area contributed by atoms with Gasteiger partial charge in [-0.3, -0.25) is 4.21 Å². The van der Waals surface area contributed by atoms with E-state index >= 15 is 0 Å². The van der Waals surface area contributed by atoms with Crippen LogP contribution in [-0.2, 0) is 15.8 Å². The summed E-state index contributed by atoms with van der Waals surface area (Å²) >= 11 is -1.98. The second-order valence-electron chi connectivity index (χ2n) is 3.40. The fourth-order valence-corrected chi connectivity index (χ4v) is 2.65. The third-order valence-corrected chi connectivity index (χ3v) is 3.34. The summed E-state index contributed by atoms with van der Waals surface area (Å²) in [4.78, 5) is 0. The number of hydrogen-bond acceptors (Lipinski definition) is 3. The summed E-state index contributed by atoms with van der Waals surface area (Å²) in [5, 5.41) is 0. The van der Waals surface area contributed by atoms with Gasteiger partial charge in [-0.25, -0.2) is 0 Å². The largest absolute Gasteiger partial charge is 1.00 e. The van der Waals surface area contributed by atoms with Crippen LogP contribution in [0.2, 0.25) is 0 Å². The first-order valence-corrected chi connectivity index (χ1v) is 5.54. The Balaban J connectivity index is 0.00000144. The Morgan fingerprint density at radius 3 is 2.31 bits per heavy atom. The van der Waals surface area contributed by atoms with E-state index in [4.69, 9.17) is 4.74 Å². The molecule has 1 rings (SSSR count).